The lowest BCUT2D eigenvalue weighted by atomic mass is 10.1. The van der Waals surface area contributed by atoms with Crippen LogP contribution in [0.15, 0.2) is 36.7 Å². The highest BCUT2D eigenvalue weighted by molar-refractivity contribution is 5.44. The van der Waals surface area contributed by atoms with Crippen molar-refractivity contribution in [1.29, 1.82) is 0 Å². The van der Waals surface area contributed by atoms with Crippen LogP contribution in [0, 0.1) is 0 Å². The van der Waals surface area contributed by atoms with Crippen molar-refractivity contribution < 1.29 is 9.47 Å². The maximum Gasteiger partial charge on any atom is 0.161 e. The topological polar surface area (TPSA) is 48.3 Å². The summed E-state index contributed by atoms with van der Waals surface area (Å²) in [7, 11) is 0. The minimum atomic E-state index is 0.201. The van der Waals surface area contributed by atoms with Gasteiger partial charge in [-0.3, -0.25) is 4.68 Å². The number of rotatable bonds is 5. The van der Waals surface area contributed by atoms with E-state index in [1.54, 1.807) is 6.20 Å². The van der Waals surface area contributed by atoms with E-state index in [1.165, 1.54) is 5.56 Å². The van der Waals surface area contributed by atoms with Crippen LogP contribution < -0.4 is 14.8 Å². The predicted molar refractivity (Wildman–Crippen MR) is 80.7 cm³/mol. The van der Waals surface area contributed by atoms with Gasteiger partial charge in [0.25, 0.3) is 0 Å². The fraction of sp³-hybridized carbons (Fsp3) is 0.438. The maximum absolute atomic E-state index is 5.78. The predicted octanol–water partition coefficient (Wildman–Crippen LogP) is 2.40. The van der Waals surface area contributed by atoms with Gasteiger partial charge in [0, 0.05) is 18.8 Å². The van der Waals surface area contributed by atoms with E-state index in [9.17, 15) is 0 Å². The zero-order valence-electron chi connectivity index (χ0n) is 12.3. The van der Waals surface area contributed by atoms with Gasteiger partial charge in [-0.25, -0.2) is 0 Å². The molecule has 0 saturated heterocycles. The molecule has 1 N–H and O–H groups in total. The summed E-state index contributed by atoms with van der Waals surface area (Å²) < 4.78 is 13.4. The summed E-state index contributed by atoms with van der Waals surface area (Å²) in [5, 5.41) is 7.79. The van der Waals surface area contributed by atoms with Gasteiger partial charge in [-0.2, -0.15) is 5.10 Å². The molecule has 0 spiro atoms. The first-order valence-corrected chi connectivity index (χ1v) is 7.47. The van der Waals surface area contributed by atoms with Crippen molar-refractivity contribution in [2.45, 2.75) is 25.9 Å². The highest BCUT2D eigenvalue weighted by Gasteiger charge is 2.16. The summed E-state index contributed by atoms with van der Waals surface area (Å²) in [5.74, 6) is 1.68. The van der Waals surface area contributed by atoms with Crippen molar-refractivity contribution in [3.05, 3.63) is 42.2 Å². The first-order valence-electron chi connectivity index (χ1n) is 7.47. The molecular weight excluding hydrogens is 266 g/mol. The number of benzene rings is 1. The third-order valence-electron chi connectivity index (χ3n) is 3.55. The van der Waals surface area contributed by atoms with E-state index in [0.29, 0.717) is 6.61 Å². The summed E-state index contributed by atoms with van der Waals surface area (Å²) in [4.78, 5) is 0. The number of nitrogens with one attached hydrogen (secondary N) is 1. The van der Waals surface area contributed by atoms with Crippen LogP contribution in [0.25, 0.3) is 0 Å². The van der Waals surface area contributed by atoms with E-state index < -0.39 is 0 Å². The number of ether oxygens (including phenoxy) is 2. The van der Waals surface area contributed by atoms with Crippen molar-refractivity contribution in [3.63, 3.8) is 0 Å². The molecule has 2 aromatic rings. The van der Waals surface area contributed by atoms with Crippen molar-refractivity contribution in [1.82, 2.24) is 15.1 Å². The molecule has 0 radical (unpaired) electrons. The Kier molecular flexibility index (Phi) is 4.40. The summed E-state index contributed by atoms with van der Waals surface area (Å²) in [6.45, 7) is 5.23. The molecule has 1 unspecified atom stereocenters. The lowest BCUT2D eigenvalue weighted by molar-refractivity contribution is 0.297. The second kappa shape index (κ2) is 6.63. The van der Waals surface area contributed by atoms with E-state index in [4.69, 9.17) is 9.47 Å². The van der Waals surface area contributed by atoms with Gasteiger partial charge in [-0.15, -0.1) is 0 Å². The van der Waals surface area contributed by atoms with Crippen LogP contribution in [0.2, 0.25) is 0 Å². The van der Waals surface area contributed by atoms with Gasteiger partial charge >= 0.3 is 0 Å². The maximum atomic E-state index is 5.78. The monoisotopic (exact) mass is 287 g/mol. The standard InChI is InChI=1S/C16H21N3O2/c1-2-17-14(12-19-8-3-7-18-19)13-5-6-15-16(11-13)21-10-4-9-20-15/h3,5-8,11,14,17H,2,4,9-10,12H2,1H3. The van der Waals surface area contributed by atoms with Crippen molar-refractivity contribution in [2.24, 2.45) is 0 Å². The molecule has 112 valence electrons. The Balaban J connectivity index is 1.83. The van der Waals surface area contributed by atoms with Crippen LogP contribution in [-0.2, 0) is 6.54 Å². The lowest BCUT2D eigenvalue weighted by Gasteiger charge is -2.20. The average molecular weight is 287 g/mol. The molecule has 1 aromatic heterocycles. The molecule has 0 saturated carbocycles. The Morgan fingerprint density at radius 1 is 1.29 bits per heavy atom. The largest absolute Gasteiger partial charge is 0.490 e. The second-order valence-corrected chi connectivity index (χ2v) is 5.10. The first-order chi connectivity index (χ1) is 10.4. The normalized spacial score (nSPS) is 15.5. The molecule has 21 heavy (non-hydrogen) atoms. The second-order valence-electron chi connectivity index (χ2n) is 5.10. The lowest BCUT2D eigenvalue weighted by Crippen LogP contribution is -2.25. The zero-order valence-corrected chi connectivity index (χ0v) is 12.3. The quantitative estimate of drug-likeness (QED) is 0.917. The molecule has 3 rings (SSSR count). The molecule has 5 heteroatoms. The van der Waals surface area contributed by atoms with Crippen LogP contribution in [-0.4, -0.2) is 29.5 Å². The number of aromatic nitrogens is 2. The van der Waals surface area contributed by atoms with Crippen LogP contribution in [0.1, 0.15) is 24.9 Å². The summed E-state index contributed by atoms with van der Waals surface area (Å²) in [6, 6.07) is 8.33. The summed E-state index contributed by atoms with van der Waals surface area (Å²) in [6.07, 6.45) is 4.71. The molecule has 1 aliphatic rings. The minimum absolute atomic E-state index is 0.201. The van der Waals surface area contributed by atoms with Gasteiger partial charge in [0.2, 0.25) is 0 Å². The van der Waals surface area contributed by atoms with Crippen molar-refractivity contribution in [3.8, 4) is 11.5 Å². The molecule has 0 fully saturated rings. The third kappa shape index (κ3) is 3.36. The van der Waals surface area contributed by atoms with Crippen LogP contribution in [0.3, 0.4) is 0 Å². The molecule has 1 atom stereocenters. The SMILES string of the molecule is CCNC(Cn1cccn1)c1ccc2c(c1)OCCCO2. The Bertz CT molecular complexity index is 569. The molecule has 2 heterocycles. The fourth-order valence-electron chi connectivity index (χ4n) is 2.53. The number of fused-ring (bicyclic) bond motifs is 1. The van der Waals surface area contributed by atoms with Crippen LogP contribution in [0.4, 0.5) is 0 Å². The van der Waals surface area contributed by atoms with Gasteiger partial charge < -0.3 is 14.8 Å². The van der Waals surface area contributed by atoms with Gasteiger partial charge in [0.1, 0.15) is 0 Å². The average Bonchev–Trinajstić information content (AvgIpc) is 2.90. The molecule has 1 aliphatic heterocycles. The molecule has 0 aliphatic carbocycles. The first kappa shape index (κ1) is 13.9. The molecule has 0 amide bonds. The fourth-order valence-corrected chi connectivity index (χ4v) is 2.53. The molecular formula is C16H21N3O2. The van der Waals surface area contributed by atoms with E-state index in [0.717, 1.165) is 37.6 Å². The Hall–Kier alpha value is -2.01. The molecule has 1 aromatic carbocycles. The van der Waals surface area contributed by atoms with E-state index in [2.05, 4.69) is 29.5 Å². The number of hydrogen-bond acceptors (Lipinski definition) is 4. The Morgan fingerprint density at radius 3 is 2.90 bits per heavy atom. The molecule has 5 nitrogen and oxygen atoms in total. The number of likely N-dealkylation sites (N-methyl/N-ethyl adjacent to an activating group) is 1. The van der Waals surface area contributed by atoms with Gasteiger partial charge in [-0.05, 0) is 30.3 Å². The summed E-state index contributed by atoms with van der Waals surface area (Å²) >= 11 is 0. The highest BCUT2D eigenvalue weighted by Crippen LogP contribution is 2.32. The third-order valence-corrected chi connectivity index (χ3v) is 3.55. The van der Waals surface area contributed by atoms with Gasteiger partial charge in [-0.1, -0.05) is 13.0 Å². The van der Waals surface area contributed by atoms with Crippen LogP contribution in [0.5, 0.6) is 11.5 Å². The van der Waals surface area contributed by atoms with E-state index in [1.807, 2.05) is 23.0 Å². The minimum Gasteiger partial charge on any atom is -0.490 e. The van der Waals surface area contributed by atoms with Crippen LogP contribution >= 0.6 is 0 Å². The van der Waals surface area contributed by atoms with Gasteiger partial charge in [0.15, 0.2) is 11.5 Å². The Labute approximate surface area is 124 Å². The van der Waals surface area contributed by atoms with Crippen molar-refractivity contribution >= 4 is 0 Å². The van der Waals surface area contributed by atoms with Gasteiger partial charge in [0.05, 0.1) is 25.8 Å². The summed E-state index contributed by atoms with van der Waals surface area (Å²) in [5.41, 5.74) is 1.19. The van der Waals surface area contributed by atoms with E-state index >= 15 is 0 Å². The van der Waals surface area contributed by atoms with E-state index in [-0.39, 0.29) is 6.04 Å². The molecule has 0 bridgehead atoms. The van der Waals surface area contributed by atoms with Crippen molar-refractivity contribution in [2.75, 3.05) is 19.8 Å². The highest BCUT2D eigenvalue weighted by atomic mass is 16.5. The zero-order chi connectivity index (χ0) is 14.5. The number of nitrogens with zero attached hydrogens (tertiary/aromatic N) is 2. The number of hydrogen-bond donors (Lipinski definition) is 1. The Morgan fingerprint density at radius 2 is 2.14 bits per heavy atom. The smallest absolute Gasteiger partial charge is 0.161 e.